The third-order valence-electron chi connectivity index (χ3n) is 8.86. The van der Waals surface area contributed by atoms with Gasteiger partial charge in [0.1, 0.15) is 13.1 Å². The fourth-order valence-electron chi connectivity index (χ4n) is 6.41. The van der Waals surface area contributed by atoms with Crippen LogP contribution in [0.15, 0.2) is 91.0 Å². The van der Waals surface area contributed by atoms with Gasteiger partial charge in [0.05, 0.1) is 13.1 Å². The molecule has 0 spiro atoms. The second kappa shape index (κ2) is 21.6. The van der Waals surface area contributed by atoms with E-state index in [4.69, 9.17) is 0 Å². The molecule has 0 aliphatic heterocycles. The Balaban J connectivity index is 0.00000588. The van der Waals surface area contributed by atoms with E-state index in [1.54, 1.807) is 0 Å². The van der Waals surface area contributed by atoms with Crippen LogP contribution in [0.1, 0.15) is 120 Å². The average Bonchev–Trinajstić information content (AvgIpc) is 2.98. The first-order valence-electron chi connectivity index (χ1n) is 16.7. The summed E-state index contributed by atoms with van der Waals surface area (Å²) < 4.78 is 1.06. The fourth-order valence-corrected chi connectivity index (χ4v) is 6.41. The normalized spacial score (nSPS) is 12.1. The number of nitrogens with zero attached hydrogens (tertiary/aromatic N) is 1. The summed E-state index contributed by atoms with van der Waals surface area (Å²) in [5.74, 6) is 0. The number of benzene rings is 3. The molecule has 226 valence electrons. The van der Waals surface area contributed by atoms with Gasteiger partial charge in [0.15, 0.2) is 0 Å². The van der Waals surface area contributed by atoms with E-state index in [2.05, 4.69) is 105 Å². The number of unbranched alkanes of at least 4 members (excludes halogenated alkanes) is 13. The van der Waals surface area contributed by atoms with Crippen LogP contribution in [0.5, 0.6) is 0 Å². The highest BCUT2D eigenvalue weighted by Crippen LogP contribution is 2.28. The minimum Gasteiger partial charge on any atom is -1.00 e. The molecule has 0 radical (unpaired) electrons. The van der Waals surface area contributed by atoms with E-state index in [1.165, 1.54) is 113 Å². The lowest BCUT2D eigenvalue weighted by atomic mass is 9.94. The molecule has 0 saturated heterocycles. The zero-order valence-electron chi connectivity index (χ0n) is 26.3. The first kappa shape index (κ1) is 35.1. The first-order valence-corrected chi connectivity index (χ1v) is 16.7. The summed E-state index contributed by atoms with van der Waals surface area (Å²) >= 11 is 0. The molecule has 1 unspecified atom stereocenters. The summed E-state index contributed by atoms with van der Waals surface area (Å²) in [6.07, 6.45) is 22.3. The first-order chi connectivity index (χ1) is 19.7. The molecular weight excluding hydrogens is 518 g/mol. The molecule has 3 aromatic rings. The number of quaternary nitrogens is 1. The Morgan fingerprint density at radius 3 is 1.20 bits per heavy atom. The predicted molar refractivity (Wildman–Crippen MR) is 175 cm³/mol. The van der Waals surface area contributed by atoms with Gasteiger partial charge in [0, 0.05) is 17.5 Å². The Kier molecular flexibility index (Phi) is 18.5. The second-order valence-corrected chi connectivity index (χ2v) is 12.5. The van der Waals surface area contributed by atoms with Crippen LogP contribution in [0.3, 0.4) is 0 Å². The summed E-state index contributed by atoms with van der Waals surface area (Å²) in [5, 5.41) is 0. The van der Waals surface area contributed by atoms with Crippen LogP contribution < -0.4 is 12.4 Å². The maximum absolute atomic E-state index is 2.51. The Hall–Kier alpha value is -2.09. The van der Waals surface area contributed by atoms with E-state index in [1.807, 2.05) is 0 Å². The molecule has 2 heteroatoms. The van der Waals surface area contributed by atoms with E-state index in [0.717, 1.165) is 24.0 Å². The number of halogens is 1. The van der Waals surface area contributed by atoms with Crippen LogP contribution in [0.25, 0.3) is 0 Å². The number of hydrogen-bond acceptors (Lipinski definition) is 0. The lowest BCUT2D eigenvalue weighted by Gasteiger charge is -2.42. The van der Waals surface area contributed by atoms with Crippen molar-refractivity contribution in [3.8, 4) is 0 Å². The van der Waals surface area contributed by atoms with Gasteiger partial charge in [-0.3, -0.25) is 0 Å². The van der Waals surface area contributed by atoms with Crippen molar-refractivity contribution in [3.63, 3.8) is 0 Å². The Labute approximate surface area is 259 Å². The molecule has 0 bridgehead atoms. The molecule has 0 aromatic heterocycles. The van der Waals surface area contributed by atoms with Crippen molar-refractivity contribution in [2.75, 3.05) is 7.05 Å². The molecule has 1 atom stereocenters. The average molecular weight is 576 g/mol. The summed E-state index contributed by atoms with van der Waals surface area (Å²) in [6, 6.07) is 34.1. The van der Waals surface area contributed by atoms with Gasteiger partial charge < -0.3 is 16.9 Å². The highest BCUT2D eigenvalue weighted by atomic mass is 35.5. The van der Waals surface area contributed by atoms with Crippen molar-refractivity contribution < 1.29 is 16.9 Å². The SMILES string of the molecule is CCCCCCCCCCCCCCCCC(Cc1ccccc1)[N+](C)(Cc1ccccc1)Cc1ccccc1.[Cl-]. The quantitative estimate of drug-likeness (QED) is 0.0834. The van der Waals surface area contributed by atoms with Gasteiger partial charge in [-0.2, -0.15) is 0 Å². The van der Waals surface area contributed by atoms with E-state index in [9.17, 15) is 0 Å². The van der Waals surface area contributed by atoms with Crippen LogP contribution in [-0.4, -0.2) is 17.6 Å². The minimum absolute atomic E-state index is 0. The smallest absolute Gasteiger partial charge is 0.105 e. The third-order valence-corrected chi connectivity index (χ3v) is 8.86. The maximum atomic E-state index is 2.51. The molecule has 0 saturated carbocycles. The topological polar surface area (TPSA) is 0 Å². The van der Waals surface area contributed by atoms with E-state index >= 15 is 0 Å². The van der Waals surface area contributed by atoms with Crippen molar-refractivity contribution in [3.05, 3.63) is 108 Å². The van der Waals surface area contributed by atoms with E-state index in [0.29, 0.717) is 6.04 Å². The lowest BCUT2D eigenvalue weighted by Crippen LogP contribution is -3.00. The number of rotatable bonds is 22. The third kappa shape index (κ3) is 14.6. The van der Waals surface area contributed by atoms with Gasteiger partial charge in [0.25, 0.3) is 0 Å². The van der Waals surface area contributed by atoms with Gasteiger partial charge >= 0.3 is 0 Å². The van der Waals surface area contributed by atoms with Gasteiger partial charge in [-0.1, -0.05) is 181 Å². The molecule has 3 rings (SSSR count). The summed E-state index contributed by atoms with van der Waals surface area (Å²) in [6.45, 7) is 4.45. The van der Waals surface area contributed by atoms with Gasteiger partial charge in [-0.15, -0.1) is 0 Å². The summed E-state index contributed by atoms with van der Waals surface area (Å²) in [7, 11) is 2.51. The molecule has 0 aliphatic rings. The van der Waals surface area contributed by atoms with Crippen molar-refractivity contribution in [2.45, 2.75) is 129 Å². The van der Waals surface area contributed by atoms with Crippen molar-refractivity contribution in [1.29, 1.82) is 0 Å². The van der Waals surface area contributed by atoms with Crippen LogP contribution in [-0.2, 0) is 19.5 Å². The molecule has 0 N–H and O–H groups in total. The zero-order chi connectivity index (χ0) is 28.1. The maximum Gasteiger partial charge on any atom is 0.105 e. The highest BCUT2D eigenvalue weighted by Gasteiger charge is 2.33. The summed E-state index contributed by atoms with van der Waals surface area (Å²) in [4.78, 5) is 0. The standard InChI is InChI=1S/C39H58N.ClH/c1-3-4-5-6-7-8-9-10-11-12-13-14-15-25-32-39(33-36-26-19-16-20-27-36)40(2,34-37-28-21-17-22-29-37)35-38-30-23-18-24-31-38;/h16-24,26-31,39H,3-15,25,32-35H2,1-2H3;1H/q+1;/p-1. The van der Waals surface area contributed by atoms with Crippen molar-refractivity contribution in [1.82, 2.24) is 0 Å². The van der Waals surface area contributed by atoms with E-state index in [-0.39, 0.29) is 12.4 Å². The molecule has 0 heterocycles. The molecule has 0 aliphatic carbocycles. The summed E-state index contributed by atoms with van der Waals surface area (Å²) in [5.41, 5.74) is 4.36. The van der Waals surface area contributed by atoms with Crippen molar-refractivity contribution >= 4 is 0 Å². The van der Waals surface area contributed by atoms with Gasteiger partial charge in [-0.25, -0.2) is 0 Å². The Morgan fingerprint density at radius 2 is 0.805 bits per heavy atom. The molecule has 0 fully saturated rings. The fraction of sp³-hybridized carbons (Fsp3) is 0.538. The van der Waals surface area contributed by atoms with Gasteiger partial charge in [0.2, 0.25) is 0 Å². The molecule has 3 aromatic carbocycles. The van der Waals surface area contributed by atoms with Crippen LogP contribution in [0, 0.1) is 0 Å². The van der Waals surface area contributed by atoms with Crippen LogP contribution in [0.2, 0.25) is 0 Å². The predicted octanol–water partition coefficient (Wildman–Crippen LogP) is 8.32. The second-order valence-electron chi connectivity index (χ2n) is 12.5. The molecule has 1 nitrogen and oxygen atoms in total. The van der Waals surface area contributed by atoms with Crippen LogP contribution >= 0.6 is 0 Å². The van der Waals surface area contributed by atoms with E-state index < -0.39 is 0 Å². The zero-order valence-corrected chi connectivity index (χ0v) is 27.0. The lowest BCUT2D eigenvalue weighted by molar-refractivity contribution is -0.959. The molecular formula is C39H58ClN. The van der Waals surface area contributed by atoms with Crippen molar-refractivity contribution in [2.24, 2.45) is 0 Å². The largest absolute Gasteiger partial charge is 1.00 e. The van der Waals surface area contributed by atoms with Crippen LogP contribution in [0.4, 0.5) is 0 Å². The number of hydrogen-bond donors (Lipinski definition) is 0. The highest BCUT2D eigenvalue weighted by molar-refractivity contribution is 5.17. The Morgan fingerprint density at radius 1 is 0.463 bits per heavy atom. The monoisotopic (exact) mass is 575 g/mol. The minimum atomic E-state index is 0. The molecule has 0 amide bonds. The molecule has 41 heavy (non-hydrogen) atoms. The van der Waals surface area contributed by atoms with Gasteiger partial charge in [-0.05, 0) is 18.4 Å². The number of likely N-dealkylation sites (N-methyl/N-ethyl adjacent to an activating group) is 1. The Bertz CT molecular complexity index is 946.